The number of halogens is 1. The summed E-state index contributed by atoms with van der Waals surface area (Å²) in [6.45, 7) is 4.33. The van der Waals surface area contributed by atoms with E-state index in [0.29, 0.717) is 46.6 Å². The Morgan fingerprint density at radius 2 is 1.72 bits per heavy atom. The summed E-state index contributed by atoms with van der Waals surface area (Å²) in [5.74, 6) is 0.335. The lowest BCUT2D eigenvalue weighted by Crippen LogP contribution is -2.20. The lowest BCUT2D eigenvalue weighted by molar-refractivity contribution is -0.119. The fourth-order valence-corrected chi connectivity index (χ4v) is 2.50. The number of rotatable bonds is 10. The Kier molecular flexibility index (Phi) is 8.29. The highest BCUT2D eigenvalue weighted by atomic mass is 35.5. The van der Waals surface area contributed by atoms with Crippen molar-refractivity contribution in [3.05, 3.63) is 52.5 Å². The molecule has 0 bridgehead atoms. The van der Waals surface area contributed by atoms with E-state index in [0.717, 1.165) is 0 Å². The summed E-state index contributed by atoms with van der Waals surface area (Å²) in [5.41, 5.74) is 8.34. The van der Waals surface area contributed by atoms with Crippen LogP contribution in [0.5, 0.6) is 17.2 Å². The molecule has 0 aliphatic carbocycles. The molecular weight excluding hydrogens is 398 g/mol. The molecular formula is C20H22ClN3O5. The highest BCUT2D eigenvalue weighted by Crippen LogP contribution is 2.28. The van der Waals surface area contributed by atoms with Crippen LogP contribution in [0.3, 0.4) is 0 Å². The summed E-state index contributed by atoms with van der Waals surface area (Å²) in [5, 5.41) is 4.37. The average molecular weight is 420 g/mol. The van der Waals surface area contributed by atoms with Crippen LogP contribution in [-0.2, 0) is 4.79 Å². The molecule has 0 saturated carbocycles. The van der Waals surface area contributed by atoms with Gasteiger partial charge in [-0.2, -0.15) is 5.10 Å². The Hall–Kier alpha value is -3.26. The molecule has 0 heterocycles. The third kappa shape index (κ3) is 6.69. The lowest BCUT2D eigenvalue weighted by atomic mass is 10.2. The number of hydrogen-bond donors (Lipinski definition) is 2. The van der Waals surface area contributed by atoms with E-state index < -0.39 is 11.8 Å². The molecule has 3 N–H and O–H groups in total. The Labute approximate surface area is 173 Å². The number of nitrogens with zero attached hydrogens (tertiary/aromatic N) is 1. The quantitative estimate of drug-likeness (QED) is 0.454. The zero-order valence-electron chi connectivity index (χ0n) is 16.1. The Morgan fingerprint density at radius 3 is 2.41 bits per heavy atom. The number of primary amides is 1. The fourth-order valence-electron chi connectivity index (χ4n) is 2.32. The van der Waals surface area contributed by atoms with Gasteiger partial charge in [-0.05, 0) is 50.2 Å². The third-order valence-corrected chi connectivity index (χ3v) is 3.75. The number of amides is 2. The van der Waals surface area contributed by atoms with Crippen LogP contribution in [0, 0.1) is 0 Å². The van der Waals surface area contributed by atoms with E-state index in [4.69, 9.17) is 31.5 Å². The minimum atomic E-state index is -0.614. The van der Waals surface area contributed by atoms with Crippen molar-refractivity contribution in [1.82, 2.24) is 5.43 Å². The molecule has 2 aromatic carbocycles. The predicted molar refractivity (Wildman–Crippen MR) is 110 cm³/mol. The van der Waals surface area contributed by atoms with Crippen molar-refractivity contribution in [2.24, 2.45) is 10.8 Å². The van der Waals surface area contributed by atoms with Gasteiger partial charge in [-0.25, -0.2) is 5.43 Å². The van der Waals surface area contributed by atoms with Gasteiger partial charge in [0.1, 0.15) is 5.75 Å². The van der Waals surface area contributed by atoms with Crippen molar-refractivity contribution in [2.45, 2.75) is 13.8 Å². The second-order valence-corrected chi connectivity index (χ2v) is 6.10. The Bertz CT molecular complexity index is 902. The molecule has 8 nitrogen and oxygen atoms in total. The summed E-state index contributed by atoms with van der Waals surface area (Å²) in [7, 11) is 0. The van der Waals surface area contributed by atoms with E-state index in [2.05, 4.69) is 10.5 Å². The maximum Gasteiger partial charge on any atom is 0.271 e. The maximum absolute atomic E-state index is 12.4. The molecule has 154 valence electrons. The van der Waals surface area contributed by atoms with Gasteiger partial charge in [-0.3, -0.25) is 9.59 Å². The number of nitrogens with two attached hydrogens (primary N) is 1. The van der Waals surface area contributed by atoms with E-state index in [-0.39, 0.29) is 6.61 Å². The van der Waals surface area contributed by atoms with Crippen LogP contribution >= 0.6 is 11.6 Å². The smallest absolute Gasteiger partial charge is 0.271 e. The molecule has 29 heavy (non-hydrogen) atoms. The van der Waals surface area contributed by atoms with Gasteiger partial charge in [0.05, 0.1) is 19.4 Å². The molecule has 0 atom stereocenters. The molecule has 0 radical (unpaired) electrons. The van der Waals surface area contributed by atoms with Gasteiger partial charge in [0.25, 0.3) is 11.8 Å². The maximum atomic E-state index is 12.4. The molecule has 0 aliphatic heterocycles. The number of carbonyl (C=O) groups is 2. The average Bonchev–Trinajstić information content (AvgIpc) is 2.68. The van der Waals surface area contributed by atoms with Crippen molar-refractivity contribution in [2.75, 3.05) is 19.8 Å². The molecule has 0 aliphatic rings. The van der Waals surface area contributed by atoms with E-state index >= 15 is 0 Å². The van der Waals surface area contributed by atoms with E-state index in [1.54, 1.807) is 36.4 Å². The number of nitrogens with one attached hydrogen (secondary N) is 1. The van der Waals surface area contributed by atoms with Gasteiger partial charge in [0, 0.05) is 16.1 Å². The third-order valence-electron chi connectivity index (χ3n) is 3.52. The van der Waals surface area contributed by atoms with Crippen LogP contribution in [0.1, 0.15) is 29.8 Å². The van der Waals surface area contributed by atoms with Crippen molar-refractivity contribution in [3.63, 3.8) is 0 Å². The lowest BCUT2D eigenvalue weighted by Gasteiger charge is -2.11. The highest BCUT2D eigenvalue weighted by molar-refractivity contribution is 6.30. The van der Waals surface area contributed by atoms with Crippen LogP contribution in [0.25, 0.3) is 0 Å². The molecule has 2 rings (SSSR count). The second kappa shape index (κ2) is 10.9. The Morgan fingerprint density at radius 1 is 1.03 bits per heavy atom. The fraction of sp³-hybridized carbons (Fsp3) is 0.250. The van der Waals surface area contributed by atoms with Crippen LogP contribution in [0.2, 0.25) is 5.02 Å². The molecule has 0 saturated heterocycles. The molecule has 0 unspecified atom stereocenters. The largest absolute Gasteiger partial charge is 0.490 e. The predicted octanol–water partition coefficient (Wildman–Crippen LogP) is 2.77. The first kappa shape index (κ1) is 22.0. The van der Waals surface area contributed by atoms with Crippen molar-refractivity contribution < 1.29 is 23.8 Å². The first-order chi connectivity index (χ1) is 13.9. The van der Waals surface area contributed by atoms with Crippen LogP contribution < -0.4 is 25.4 Å². The summed E-state index contributed by atoms with van der Waals surface area (Å²) in [4.78, 5) is 23.3. The summed E-state index contributed by atoms with van der Waals surface area (Å²) >= 11 is 5.98. The van der Waals surface area contributed by atoms with Gasteiger partial charge in [-0.1, -0.05) is 11.6 Å². The molecule has 2 amide bonds. The minimum absolute atomic E-state index is 0.290. The zero-order valence-corrected chi connectivity index (χ0v) is 16.9. The summed E-state index contributed by atoms with van der Waals surface area (Å²) < 4.78 is 16.3. The molecule has 0 aromatic heterocycles. The SMILES string of the molecule is CCOc1ccc(C(=O)N/N=C/c2cc(Cl)ccc2OCC(N)=O)cc1OCC. The molecule has 2 aromatic rings. The van der Waals surface area contributed by atoms with Crippen molar-refractivity contribution in [3.8, 4) is 17.2 Å². The number of hydrogen-bond acceptors (Lipinski definition) is 6. The number of benzene rings is 2. The first-order valence-electron chi connectivity index (χ1n) is 8.88. The standard InChI is InChI=1S/C20H22ClN3O5/c1-3-27-17-7-5-13(10-18(17)28-4-2)20(26)24-23-11-14-9-15(21)6-8-16(14)29-12-19(22)25/h5-11H,3-4,12H2,1-2H3,(H2,22,25)(H,24,26)/b23-11+. The number of ether oxygens (including phenoxy) is 3. The Balaban J connectivity index is 2.12. The van der Waals surface area contributed by atoms with Crippen molar-refractivity contribution in [1.29, 1.82) is 0 Å². The van der Waals surface area contributed by atoms with Gasteiger partial charge in [0.2, 0.25) is 0 Å². The summed E-state index contributed by atoms with van der Waals surface area (Å²) in [6, 6.07) is 9.62. The van der Waals surface area contributed by atoms with Gasteiger partial charge in [-0.15, -0.1) is 0 Å². The van der Waals surface area contributed by atoms with Gasteiger partial charge < -0.3 is 19.9 Å². The molecule has 0 fully saturated rings. The highest BCUT2D eigenvalue weighted by Gasteiger charge is 2.11. The van der Waals surface area contributed by atoms with Crippen LogP contribution in [0.4, 0.5) is 0 Å². The van der Waals surface area contributed by atoms with Crippen LogP contribution in [-0.4, -0.2) is 37.8 Å². The second-order valence-electron chi connectivity index (χ2n) is 5.66. The molecule has 9 heteroatoms. The van der Waals surface area contributed by atoms with Crippen LogP contribution in [0.15, 0.2) is 41.5 Å². The van der Waals surface area contributed by atoms with Gasteiger partial charge >= 0.3 is 0 Å². The minimum Gasteiger partial charge on any atom is -0.490 e. The molecule has 0 spiro atoms. The number of carbonyl (C=O) groups excluding carboxylic acids is 2. The monoisotopic (exact) mass is 419 g/mol. The van der Waals surface area contributed by atoms with Gasteiger partial charge in [0.15, 0.2) is 18.1 Å². The van der Waals surface area contributed by atoms with E-state index in [9.17, 15) is 9.59 Å². The normalized spacial score (nSPS) is 10.6. The number of hydrazone groups is 1. The van der Waals surface area contributed by atoms with Crippen molar-refractivity contribution >= 4 is 29.6 Å². The zero-order chi connectivity index (χ0) is 21.2. The summed E-state index contributed by atoms with van der Waals surface area (Å²) in [6.07, 6.45) is 1.36. The van der Waals surface area contributed by atoms with E-state index in [1.807, 2.05) is 13.8 Å². The van der Waals surface area contributed by atoms with E-state index in [1.165, 1.54) is 6.21 Å². The topological polar surface area (TPSA) is 112 Å². The first-order valence-corrected chi connectivity index (χ1v) is 9.26.